The molecule has 31 heavy (non-hydrogen) atoms. The maximum Gasteiger partial charge on any atom is 0.229 e. The van der Waals surface area contributed by atoms with Crippen LogP contribution in [0, 0.1) is 6.92 Å². The fourth-order valence-electron chi connectivity index (χ4n) is 3.74. The fraction of sp³-hybridized carbons (Fsp3) is 0.261. The van der Waals surface area contributed by atoms with Crippen LogP contribution in [0.25, 0.3) is 10.9 Å². The van der Waals surface area contributed by atoms with E-state index in [1.807, 2.05) is 37.5 Å². The molecule has 4 aromatic rings. The molecule has 8 heteroatoms. The largest absolute Gasteiger partial charge is 0.369 e. The smallest absolute Gasteiger partial charge is 0.229 e. The van der Waals surface area contributed by atoms with Crippen LogP contribution >= 0.6 is 0 Å². The topological polar surface area (TPSA) is 85.0 Å². The summed E-state index contributed by atoms with van der Waals surface area (Å²) in [6.45, 7) is 6.31. The van der Waals surface area contributed by atoms with Gasteiger partial charge in [0.05, 0.1) is 11.7 Å². The Morgan fingerprint density at radius 2 is 1.68 bits per heavy atom. The van der Waals surface area contributed by atoms with Gasteiger partial charge in [-0.05, 0) is 56.4 Å². The first-order chi connectivity index (χ1) is 15.1. The first-order valence-electron chi connectivity index (χ1n) is 10.5. The highest BCUT2D eigenvalue weighted by Gasteiger charge is 2.14. The SMILES string of the molecule is Cc1cnc(Nc2ccc(N3CCN(C)CC3)cc2)nc1Nc1ccc2[nH]ncc2c1. The van der Waals surface area contributed by atoms with E-state index in [1.54, 1.807) is 0 Å². The van der Waals surface area contributed by atoms with Gasteiger partial charge in [0.1, 0.15) is 5.82 Å². The van der Waals surface area contributed by atoms with Crippen molar-refractivity contribution in [2.75, 3.05) is 48.8 Å². The average molecular weight is 415 g/mol. The molecule has 2 aromatic heterocycles. The Bertz CT molecular complexity index is 1180. The summed E-state index contributed by atoms with van der Waals surface area (Å²) in [6, 6.07) is 14.5. The molecule has 1 aliphatic heterocycles. The van der Waals surface area contributed by atoms with E-state index in [0.717, 1.165) is 59.8 Å². The monoisotopic (exact) mass is 414 g/mol. The summed E-state index contributed by atoms with van der Waals surface area (Å²) < 4.78 is 0. The molecule has 0 amide bonds. The molecule has 158 valence electrons. The lowest BCUT2D eigenvalue weighted by molar-refractivity contribution is 0.313. The van der Waals surface area contributed by atoms with Gasteiger partial charge in [0.25, 0.3) is 0 Å². The summed E-state index contributed by atoms with van der Waals surface area (Å²) in [5, 5.41) is 14.8. The number of rotatable bonds is 5. The summed E-state index contributed by atoms with van der Waals surface area (Å²) in [5.41, 5.74) is 5.15. The van der Waals surface area contributed by atoms with Crippen molar-refractivity contribution in [2.24, 2.45) is 0 Å². The molecule has 0 aliphatic carbocycles. The number of anilines is 5. The van der Waals surface area contributed by atoms with Gasteiger partial charge >= 0.3 is 0 Å². The van der Waals surface area contributed by atoms with Crippen LogP contribution in [0.3, 0.4) is 0 Å². The molecule has 1 fully saturated rings. The van der Waals surface area contributed by atoms with Crippen LogP contribution in [0.15, 0.2) is 54.9 Å². The third-order valence-electron chi connectivity index (χ3n) is 5.67. The summed E-state index contributed by atoms with van der Waals surface area (Å²) in [5.74, 6) is 1.33. The van der Waals surface area contributed by atoms with Crippen LogP contribution in [0.5, 0.6) is 0 Å². The van der Waals surface area contributed by atoms with Gasteiger partial charge in [-0.15, -0.1) is 0 Å². The van der Waals surface area contributed by atoms with E-state index in [0.29, 0.717) is 5.95 Å². The number of piperazine rings is 1. The summed E-state index contributed by atoms with van der Waals surface area (Å²) in [7, 11) is 2.17. The van der Waals surface area contributed by atoms with Crippen molar-refractivity contribution in [2.45, 2.75) is 6.92 Å². The van der Waals surface area contributed by atoms with Crippen molar-refractivity contribution >= 4 is 39.7 Å². The van der Waals surface area contributed by atoms with Crippen molar-refractivity contribution in [3.05, 3.63) is 60.4 Å². The maximum absolute atomic E-state index is 4.68. The number of hydrogen-bond donors (Lipinski definition) is 3. The van der Waals surface area contributed by atoms with Crippen molar-refractivity contribution in [3.8, 4) is 0 Å². The Kier molecular flexibility index (Phi) is 5.13. The van der Waals surface area contributed by atoms with Crippen molar-refractivity contribution < 1.29 is 0 Å². The predicted octanol–water partition coefficient (Wildman–Crippen LogP) is 3.90. The molecule has 5 rings (SSSR count). The molecule has 0 radical (unpaired) electrons. The van der Waals surface area contributed by atoms with Gasteiger partial charge in [0.15, 0.2) is 0 Å². The second-order valence-electron chi connectivity index (χ2n) is 7.98. The molecule has 0 unspecified atom stereocenters. The Morgan fingerprint density at radius 1 is 0.903 bits per heavy atom. The highest BCUT2D eigenvalue weighted by atomic mass is 15.2. The van der Waals surface area contributed by atoms with Gasteiger partial charge in [0.2, 0.25) is 5.95 Å². The lowest BCUT2D eigenvalue weighted by Gasteiger charge is -2.34. The third kappa shape index (κ3) is 4.29. The van der Waals surface area contributed by atoms with E-state index < -0.39 is 0 Å². The molecule has 3 N–H and O–H groups in total. The molecule has 0 saturated carbocycles. The highest BCUT2D eigenvalue weighted by Crippen LogP contribution is 2.24. The molecule has 1 aliphatic rings. The normalized spacial score (nSPS) is 14.7. The van der Waals surface area contributed by atoms with E-state index in [4.69, 9.17) is 0 Å². The fourth-order valence-corrected chi connectivity index (χ4v) is 3.74. The number of likely N-dealkylation sites (N-methyl/N-ethyl adjacent to an activating group) is 1. The first kappa shape index (κ1) is 19.3. The number of aromatic amines is 1. The second kappa shape index (κ2) is 8.23. The zero-order valence-corrected chi connectivity index (χ0v) is 17.8. The van der Waals surface area contributed by atoms with Crippen molar-refractivity contribution in [1.82, 2.24) is 25.1 Å². The van der Waals surface area contributed by atoms with Crippen LogP contribution in [0.4, 0.5) is 28.8 Å². The number of hydrogen-bond acceptors (Lipinski definition) is 7. The van der Waals surface area contributed by atoms with Crippen LogP contribution in [-0.4, -0.2) is 58.3 Å². The van der Waals surface area contributed by atoms with Crippen LogP contribution in [0.1, 0.15) is 5.56 Å². The lowest BCUT2D eigenvalue weighted by atomic mass is 10.2. The second-order valence-corrected chi connectivity index (χ2v) is 7.98. The lowest BCUT2D eigenvalue weighted by Crippen LogP contribution is -2.44. The molecule has 3 heterocycles. The quantitative estimate of drug-likeness (QED) is 0.457. The van der Waals surface area contributed by atoms with E-state index in [2.05, 4.69) is 71.9 Å². The van der Waals surface area contributed by atoms with Gasteiger partial charge in [-0.2, -0.15) is 10.1 Å². The molecular weight excluding hydrogens is 388 g/mol. The summed E-state index contributed by atoms with van der Waals surface area (Å²) >= 11 is 0. The maximum atomic E-state index is 4.68. The molecule has 8 nitrogen and oxygen atoms in total. The Balaban J connectivity index is 1.29. The van der Waals surface area contributed by atoms with Crippen LogP contribution in [0.2, 0.25) is 0 Å². The van der Waals surface area contributed by atoms with E-state index in [-0.39, 0.29) is 0 Å². The van der Waals surface area contributed by atoms with Gasteiger partial charge in [0, 0.05) is 60.4 Å². The number of aromatic nitrogens is 4. The Labute approximate surface area is 181 Å². The van der Waals surface area contributed by atoms with Crippen molar-refractivity contribution in [3.63, 3.8) is 0 Å². The standard InChI is InChI=1S/C23H26N8/c1-16-14-24-23(28-22(16)26-19-5-8-21-17(13-19)15-25-29-21)27-18-3-6-20(7-4-18)31-11-9-30(2)10-12-31/h3-8,13-15H,9-12H2,1-2H3,(H,25,29)(H2,24,26,27,28). The molecule has 0 atom stereocenters. The number of fused-ring (bicyclic) bond motifs is 1. The zero-order valence-electron chi connectivity index (χ0n) is 17.8. The molecule has 2 aromatic carbocycles. The van der Waals surface area contributed by atoms with E-state index in [1.165, 1.54) is 5.69 Å². The van der Waals surface area contributed by atoms with E-state index >= 15 is 0 Å². The van der Waals surface area contributed by atoms with Crippen LogP contribution < -0.4 is 15.5 Å². The number of H-pyrrole nitrogens is 1. The molecule has 0 spiro atoms. The van der Waals surface area contributed by atoms with Gasteiger partial charge in [-0.25, -0.2) is 4.98 Å². The molecule has 0 bridgehead atoms. The van der Waals surface area contributed by atoms with Crippen LogP contribution in [-0.2, 0) is 0 Å². The molecule has 1 saturated heterocycles. The number of nitrogens with one attached hydrogen (secondary N) is 3. The van der Waals surface area contributed by atoms with Gasteiger partial charge in [-0.1, -0.05) is 0 Å². The highest BCUT2D eigenvalue weighted by molar-refractivity contribution is 5.82. The predicted molar refractivity (Wildman–Crippen MR) is 126 cm³/mol. The summed E-state index contributed by atoms with van der Waals surface area (Å²) in [4.78, 5) is 13.9. The minimum absolute atomic E-state index is 0.560. The average Bonchev–Trinajstić information content (AvgIpc) is 3.25. The third-order valence-corrected chi connectivity index (χ3v) is 5.67. The number of benzene rings is 2. The van der Waals surface area contributed by atoms with Crippen molar-refractivity contribution in [1.29, 1.82) is 0 Å². The zero-order chi connectivity index (χ0) is 21.2. The Morgan fingerprint density at radius 3 is 2.48 bits per heavy atom. The van der Waals surface area contributed by atoms with Gasteiger partial charge in [-0.3, -0.25) is 5.10 Å². The summed E-state index contributed by atoms with van der Waals surface area (Å²) in [6.07, 6.45) is 3.64. The minimum atomic E-state index is 0.560. The molecular formula is C23H26N8. The number of nitrogens with zero attached hydrogens (tertiary/aromatic N) is 5. The minimum Gasteiger partial charge on any atom is -0.369 e. The number of aryl methyl sites for hydroxylation is 1. The Hall–Kier alpha value is -3.65. The van der Waals surface area contributed by atoms with Gasteiger partial charge < -0.3 is 20.4 Å². The first-order valence-corrected chi connectivity index (χ1v) is 10.5. The van der Waals surface area contributed by atoms with E-state index in [9.17, 15) is 0 Å².